The molecule has 0 radical (unpaired) electrons. The zero-order valence-corrected chi connectivity index (χ0v) is 14.7. The topological polar surface area (TPSA) is 108 Å². The Morgan fingerprint density at radius 2 is 1.62 bits per heavy atom. The highest BCUT2D eigenvalue weighted by Gasteiger charge is 2.19. The van der Waals surface area contributed by atoms with Crippen LogP contribution in [0.3, 0.4) is 0 Å². The Hall–Kier alpha value is -2.61. The number of aryl methyl sites for hydroxylation is 2. The molecule has 0 aliphatic carbocycles. The van der Waals surface area contributed by atoms with Crippen molar-refractivity contribution in [3.8, 4) is 5.75 Å². The van der Waals surface area contributed by atoms with Gasteiger partial charge in [-0.05, 0) is 51.0 Å². The Bertz CT molecular complexity index is 891. The molecule has 3 N–H and O–H groups in total. The van der Waals surface area contributed by atoms with Gasteiger partial charge in [-0.2, -0.15) is 0 Å². The van der Waals surface area contributed by atoms with Crippen LogP contribution in [0.4, 0.5) is 10.6 Å². The molecule has 0 fully saturated rings. The smallest absolute Gasteiger partial charge is 0.334 e. The largest absolute Gasteiger partial charge is 0.506 e. The normalized spacial score (nSPS) is 11.2. The molecule has 1 aromatic carbocycles. The van der Waals surface area contributed by atoms with Crippen LogP contribution >= 0.6 is 0 Å². The third-order valence-electron chi connectivity index (χ3n) is 3.69. The first kappa shape index (κ1) is 17.7. The van der Waals surface area contributed by atoms with Gasteiger partial charge in [0, 0.05) is 0 Å². The van der Waals surface area contributed by atoms with E-state index in [1.807, 2.05) is 11.6 Å². The first-order valence-electron chi connectivity index (χ1n) is 7.19. The van der Waals surface area contributed by atoms with Gasteiger partial charge in [-0.3, -0.25) is 5.32 Å². The minimum atomic E-state index is -3.98. The third kappa shape index (κ3) is 3.65. The molecule has 0 aliphatic heterocycles. The Morgan fingerprint density at radius 1 is 1.04 bits per heavy atom. The molecule has 8 heteroatoms. The average molecular weight is 349 g/mol. The predicted molar refractivity (Wildman–Crippen MR) is 90.6 cm³/mol. The molecule has 7 nitrogen and oxygen atoms in total. The molecule has 0 bridgehead atoms. The maximum atomic E-state index is 12.2. The van der Waals surface area contributed by atoms with Gasteiger partial charge in [-0.25, -0.2) is 22.9 Å². The number of anilines is 1. The van der Waals surface area contributed by atoms with Gasteiger partial charge in [-0.15, -0.1) is 0 Å². The van der Waals surface area contributed by atoms with E-state index in [0.717, 1.165) is 5.56 Å². The number of nitrogens with zero attached hydrogens (tertiary/aromatic N) is 1. The monoisotopic (exact) mass is 349 g/mol. The SMILES string of the molecule is Cc1ccc(S(=O)(=O)NC(=O)Nc2nc(C)c(O)c(C)c2C)cc1. The summed E-state index contributed by atoms with van der Waals surface area (Å²) >= 11 is 0. The van der Waals surface area contributed by atoms with Crippen molar-refractivity contribution in [2.45, 2.75) is 32.6 Å². The van der Waals surface area contributed by atoms with Crippen LogP contribution in [0.5, 0.6) is 5.75 Å². The zero-order chi connectivity index (χ0) is 18.1. The molecular formula is C16H19N3O4S. The van der Waals surface area contributed by atoms with Gasteiger partial charge in [0.15, 0.2) is 0 Å². The molecule has 0 saturated carbocycles. The molecule has 1 aromatic heterocycles. The van der Waals surface area contributed by atoms with E-state index in [1.165, 1.54) is 12.1 Å². The first-order valence-corrected chi connectivity index (χ1v) is 8.67. The van der Waals surface area contributed by atoms with E-state index in [9.17, 15) is 18.3 Å². The first-order chi connectivity index (χ1) is 11.1. The number of aromatic hydroxyl groups is 1. The summed E-state index contributed by atoms with van der Waals surface area (Å²) in [6.07, 6.45) is 0. The molecule has 2 amide bonds. The van der Waals surface area contributed by atoms with Gasteiger partial charge in [0.2, 0.25) is 0 Å². The summed E-state index contributed by atoms with van der Waals surface area (Å²) in [4.78, 5) is 16.1. The lowest BCUT2D eigenvalue weighted by atomic mass is 10.1. The average Bonchev–Trinajstić information content (AvgIpc) is 2.50. The minimum Gasteiger partial charge on any atom is -0.506 e. The Morgan fingerprint density at radius 3 is 2.21 bits per heavy atom. The molecule has 0 unspecified atom stereocenters. The molecule has 1 heterocycles. The Balaban J connectivity index is 2.21. The maximum Gasteiger partial charge on any atom is 0.334 e. The second kappa shape index (κ2) is 6.48. The fraction of sp³-hybridized carbons (Fsp3) is 0.250. The Kier molecular flexibility index (Phi) is 4.79. The van der Waals surface area contributed by atoms with Crippen molar-refractivity contribution in [2.75, 3.05) is 5.32 Å². The number of carbonyl (C=O) groups is 1. The highest BCUT2D eigenvalue weighted by atomic mass is 32.2. The highest BCUT2D eigenvalue weighted by molar-refractivity contribution is 7.90. The van der Waals surface area contributed by atoms with Crippen molar-refractivity contribution in [1.29, 1.82) is 0 Å². The second-order valence-corrected chi connectivity index (χ2v) is 7.20. The number of urea groups is 1. The molecule has 0 spiro atoms. The number of sulfonamides is 1. The predicted octanol–water partition coefficient (Wildman–Crippen LogP) is 2.53. The molecule has 2 aromatic rings. The van der Waals surface area contributed by atoms with E-state index in [1.54, 1.807) is 32.9 Å². The van der Waals surface area contributed by atoms with Crippen LogP contribution in [0, 0.1) is 27.7 Å². The third-order valence-corrected chi connectivity index (χ3v) is 5.03. The molecule has 0 atom stereocenters. The Labute approximate surface area is 140 Å². The molecule has 0 saturated heterocycles. The fourth-order valence-electron chi connectivity index (χ4n) is 2.08. The van der Waals surface area contributed by atoms with Crippen LogP contribution in [0.25, 0.3) is 0 Å². The van der Waals surface area contributed by atoms with Gasteiger partial charge in [-0.1, -0.05) is 17.7 Å². The summed E-state index contributed by atoms with van der Waals surface area (Å²) in [7, 11) is -3.98. The van der Waals surface area contributed by atoms with Gasteiger partial charge >= 0.3 is 6.03 Å². The van der Waals surface area contributed by atoms with Gasteiger partial charge in [0.1, 0.15) is 11.6 Å². The van der Waals surface area contributed by atoms with Crippen LogP contribution < -0.4 is 10.0 Å². The highest BCUT2D eigenvalue weighted by Crippen LogP contribution is 2.27. The molecule has 24 heavy (non-hydrogen) atoms. The lowest BCUT2D eigenvalue weighted by Gasteiger charge is -2.13. The summed E-state index contributed by atoms with van der Waals surface area (Å²) in [5.74, 6) is 0.241. The van der Waals surface area contributed by atoms with Crippen LogP contribution in [0.1, 0.15) is 22.4 Å². The van der Waals surface area contributed by atoms with Gasteiger partial charge < -0.3 is 5.11 Å². The summed E-state index contributed by atoms with van der Waals surface area (Å²) in [6.45, 7) is 6.78. The lowest BCUT2D eigenvalue weighted by Crippen LogP contribution is -2.34. The zero-order valence-electron chi connectivity index (χ0n) is 13.8. The quantitative estimate of drug-likeness (QED) is 0.789. The van der Waals surface area contributed by atoms with Crippen molar-refractivity contribution < 1.29 is 18.3 Å². The summed E-state index contributed by atoms with van der Waals surface area (Å²) in [5, 5.41) is 12.2. The number of aromatic nitrogens is 1. The maximum absolute atomic E-state index is 12.2. The van der Waals surface area contributed by atoms with Crippen molar-refractivity contribution in [3.05, 3.63) is 46.6 Å². The fourth-order valence-corrected chi connectivity index (χ4v) is 2.99. The number of benzene rings is 1. The summed E-state index contributed by atoms with van der Waals surface area (Å²) in [5.41, 5.74) is 2.38. The molecule has 128 valence electrons. The van der Waals surface area contributed by atoms with E-state index in [0.29, 0.717) is 16.8 Å². The van der Waals surface area contributed by atoms with E-state index in [4.69, 9.17) is 0 Å². The van der Waals surface area contributed by atoms with Crippen molar-refractivity contribution in [1.82, 2.24) is 9.71 Å². The number of pyridine rings is 1. The number of nitrogens with one attached hydrogen (secondary N) is 2. The van der Waals surface area contributed by atoms with E-state index in [2.05, 4.69) is 10.3 Å². The van der Waals surface area contributed by atoms with Crippen LogP contribution in [0.15, 0.2) is 29.2 Å². The van der Waals surface area contributed by atoms with Crippen LogP contribution in [-0.2, 0) is 10.0 Å². The van der Waals surface area contributed by atoms with Gasteiger partial charge in [0.25, 0.3) is 10.0 Å². The standard InChI is InChI=1S/C16H19N3O4S/c1-9-5-7-13(8-6-9)24(22,23)19-16(21)18-15-11(3)10(2)14(20)12(4)17-15/h5-8,20H,1-4H3,(H2,17,18,19,21). The second-order valence-electron chi connectivity index (χ2n) is 5.52. The van der Waals surface area contributed by atoms with E-state index >= 15 is 0 Å². The molecule has 0 aliphatic rings. The van der Waals surface area contributed by atoms with E-state index in [-0.39, 0.29) is 16.5 Å². The number of hydrogen-bond acceptors (Lipinski definition) is 5. The van der Waals surface area contributed by atoms with E-state index < -0.39 is 16.1 Å². The minimum absolute atomic E-state index is 0.00833. The van der Waals surface area contributed by atoms with Crippen LogP contribution in [0.2, 0.25) is 0 Å². The number of rotatable bonds is 3. The van der Waals surface area contributed by atoms with Crippen molar-refractivity contribution in [2.24, 2.45) is 0 Å². The number of amides is 2. The lowest BCUT2D eigenvalue weighted by molar-refractivity contribution is 0.256. The summed E-state index contributed by atoms with van der Waals surface area (Å²) in [6, 6.07) is 5.21. The molecular weight excluding hydrogens is 330 g/mol. The number of hydrogen-bond donors (Lipinski definition) is 3. The molecule has 2 rings (SSSR count). The van der Waals surface area contributed by atoms with Crippen molar-refractivity contribution in [3.63, 3.8) is 0 Å². The van der Waals surface area contributed by atoms with Gasteiger partial charge in [0.05, 0.1) is 10.6 Å². The van der Waals surface area contributed by atoms with Crippen LogP contribution in [-0.4, -0.2) is 24.5 Å². The summed E-state index contributed by atoms with van der Waals surface area (Å²) < 4.78 is 26.3. The van der Waals surface area contributed by atoms with Crippen molar-refractivity contribution >= 4 is 21.9 Å². The number of carbonyl (C=O) groups excluding carboxylic acids is 1.